The fraction of sp³-hybridized carbons (Fsp3) is 0.111. The van der Waals surface area contributed by atoms with Crippen molar-refractivity contribution in [3.63, 3.8) is 0 Å². The highest BCUT2D eigenvalue weighted by atomic mass is 16.5. The second-order valence-electron chi connectivity index (χ2n) is 5.95. The molecule has 0 aliphatic heterocycles. The van der Waals surface area contributed by atoms with Gasteiger partial charge in [0.1, 0.15) is 11.6 Å². The van der Waals surface area contributed by atoms with Gasteiger partial charge in [0.2, 0.25) is 0 Å². The van der Waals surface area contributed by atoms with Gasteiger partial charge in [-0.15, -0.1) is 0 Å². The van der Waals surface area contributed by atoms with Crippen molar-refractivity contribution in [2.24, 2.45) is 9.98 Å². The van der Waals surface area contributed by atoms with Crippen molar-refractivity contribution in [1.82, 2.24) is 30.9 Å². The SMILES string of the molecule is ONC(=NCc1nc2ccccc2[nH]1)C(=NCc1nc2ccccc2[nH]1)NO. The largest absolute Gasteiger partial charge is 0.340 e. The first-order valence-corrected chi connectivity index (χ1v) is 8.53. The van der Waals surface area contributed by atoms with Crippen molar-refractivity contribution < 1.29 is 10.4 Å². The summed E-state index contributed by atoms with van der Waals surface area (Å²) in [7, 11) is 0. The molecule has 6 N–H and O–H groups in total. The van der Waals surface area contributed by atoms with Crippen LogP contribution in [0.3, 0.4) is 0 Å². The Kier molecular flexibility index (Phi) is 4.95. The van der Waals surface area contributed by atoms with Crippen LogP contribution in [-0.4, -0.2) is 42.0 Å². The monoisotopic (exact) mass is 378 g/mol. The Bertz CT molecular complexity index is 1000. The number of para-hydroxylation sites is 4. The van der Waals surface area contributed by atoms with Crippen LogP contribution in [0.1, 0.15) is 11.6 Å². The average Bonchev–Trinajstić information content (AvgIpc) is 3.33. The van der Waals surface area contributed by atoms with E-state index in [0.29, 0.717) is 11.6 Å². The summed E-state index contributed by atoms with van der Waals surface area (Å²) in [6, 6.07) is 15.2. The molecule has 0 unspecified atom stereocenters. The van der Waals surface area contributed by atoms with Crippen LogP contribution in [0.4, 0.5) is 0 Å². The minimum Gasteiger partial charge on any atom is -0.340 e. The number of aromatic nitrogens is 4. The number of hydrogen-bond acceptors (Lipinski definition) is 6. The molecule has 0 radical (unpaired) electrons. The normalized spacial score (nSPS) is 12.6. The zero-order valence-electron chi connectivity index (χ0n) is 14.7. The number of nitrogens with zero attached hydrogens (tertiary/aromatic N) is 4. The molecule has 0 aliphatic rings. The molecule has 2 aromatic carbocycles. The molecule has 0 spiro atoms. The van der Waals surface area contributed by atoms with Gasteiger partial charge in [0, 0.05) is 0 Å². The summed E-state index contributed by atoms with van der Waals surface area (Å²) in [5.41, 5.74) is 7.32. The quantitative estimate of drug-likeness (QED) is 0.182. The third-order valence-corrected chi connectivity index (χ3v) is 4.09. The van der Waals surface area contributed by atoms with Gasteiger partial charge in [-0.1, -0.05) is 24.3 Å². The molecule has 0 fully saturated rings. The van der Waals surface area contributed by atoms with Crippen LogP contribution >= 0.6 is 0 Å². The minimum atomic E-state index is -0.0286. The fourth-order valence-corrected chi connectivity index (χ4v) is 2.80. The van der Waals surface area contributed by atoms with Crippen molar-refractivity contribution in [1.29, 1.82) is 0 Å². The van der Waals surface area contributed by atoms with Crippen LogP contribution in [0.15, 0.2) is 58.5 Å². The summed E-state index contributed by atoms with van der Waals surface area (Å²) in [4.78, 5) is 23.5. The maximum Gasteiger partial charge on any atom is 0.190 e. The molecule has 28 heavy (non-hydrogen) atoms. The lowest BCUT2D eigenvalue weighted by atomic mass is 10.3. The number of H-pyrrole nitrogens is 2. The Labute approximate surface area is 159 Å². The van der Waals surface area contributed by atoms with Crippen LogP contribution in [0.5, 0.6) is 0 Å². The van der Waals surface area contributed by atoms with Crippen molar-refractivity contribution >= 4 is 33.7 Å². The van der Waals surface area contributed by atoms with E-state index >= 15 is 0 Å². The predicted molar refractivity (Wildman–Crippen MR) is 104 cm³/mol. The number of hydrogen-bond donors (Lipinski definition) is 6. The summed E-state index contributed by atoms with van der Waals surface area (Å²) in [6.07, 6.45) is 0. The molecule has 0 saturated heterocycles. The molecule has 0 bridgehead atoms. The maximum atomic E-state index is 9.39. The molecule has 10 nitrogen and oxygen atoms in total. The molecule has 2 heterocycles. The van der Waals surface area contributed by atoms with Crippen molar-refractivity contribution in [2.45, 2.75) is 13.1 Å². The van der Waals surface area contributed by atoms with E-state index in [1.54, 1.807) is 0 Å². The number of aromatic amines is 2. The van der Waals surface area contributed by atoms with Gasteiger partial charge in [-0.05, 0) is 24.3 Å². The molecule has 0 amide bonds. The first-order chi connectivity index (χ1) is 13.8. The van der Waals surface area contributed by atoms with Crippen LogP contribution in [0, 0.1) is 0 Å². The lowest BCUT2D eigenvalue weighted by molar-refractivity contribution is 0.223. The van der Waals surface area contributed by atoms with Gasteiger partial charge in [-0.25, -0.2) is 20.9 Å². The summed E-state index contributed by atoms with van der Waals surface area (Å²) < 4.78 is 0. The molecule has 2 aromatic heterocycles. The Morgan fingerprint density at radius 1 is 0.750 bits per heavy atom. The third-order valence-electron chi connectivity index (χ3n) is 4.09. The van der Waals surface area contributed by atoms with Gasteiger partial charge < -0.3 is 9.97 Å². The Hall–Kier alpha value is -3.76. The van der Waals surface area contributed by atoms with Crippen LogP contribution < -0.4 is 11.0 Å². The Balaban J connectivity index is 1.51. The molecule has 0 aliphatic carbocycles. The lowest BCUT2D eigenvalue weighted by Gasteiger charge is -2.06. The van der Waals surface area contributed by atoms with E-state index in [1.807, 2.05) is 59.5 Å². The molecule has 10 heteroatoms. The first-order valence-electron chi connectivity index (χ1n) is 8.53. The van der Waals surface area contributed by atoms with E-state index < -0.39 is 0 Å². The standard InChI is InChI=1S/C18H18N8O2/c27-25-17(19-9-15-21-11-5-1-2-6-12(11)22-15)18(26-28)20-10-16-23-13-7-3-4-8-14(13)24-16/h1-8,27-28H,9-10H2,(H,19,25)(H,20,26)(H,21,22)(H,23,24). The molecular formula is C18H18N8O2. The van der Waals surface area contributed by atoms with Gasteiger partial charge >= 0.3 is 0 Å². The van der Waals surface area contributed by atoms with Gasteiger partial charge in [0.25, 0.3) is 0 Å². The Morgan fingerprint density at radius 2 is 1.18 bits per heavy atom. The van der Waals surface area contributed by atoms with Gasteiger partial charge in [-0.2, -0.15) is 0 Å². The van der Waals surface area contributed by atoms with E-state index in [9.17, 15) is 10.4 Å². The van der Waals surface area contributed by atoms with Gasteiger partial charge in [0.05, 0.1) is 35.2 Å². The summed E-state index contributed by atoms with van der Waals surface area (Å²) in [5, 5.41) is 18.8. The summed E-state index contributed by atoms with van der Waals surface area (Å²) in [6.45, 7) is 0.311. The smallest absolute Gasteiger partial charge is 0.190 e. The van der Waals surface area contributed by atoms with E-state index in [4.69, 9.17) is 0 Å². The van der Waals surface area contributed by atoms with E-state index in [-0.39, 0.29) is 24.8 Å². The van der Waals surface area contributed by atoms with Crippen LogP contribution in [-0.2, 0) is 13.1 Å². The zero-order valence-corrected chi connectivity index (χ0v) is 14.7. The zero-order chi connectivity index (χ0) is 19.3. The number of benzene rings is 2. The molecular weight excluding hydrogens is 360 g/mol. The van der Waals surface area contributed by atoms with Crippen molar-refractivity contribution in [3.8, 4) is 0 Å². The van der Waals surface area contributed by atoms with Crippen LogP contribution in [0.2, 0.25) is 0 Å². The number of amidine groups is 2. The molecule has 142 valence electrons. The van der Waals surface area contributed by atoms with E-state index in [1.165, 1.54) is 0 Å². The topological polar surface area (TPSA) is 147 Å². The number of rotatable bonds is 4. The maximum absolute atomic E-state index is 9.39. The minimum absolute atomic E-state index is 0.0286. The van der Waals surface area contributed by atoms with Crippen molar-refractivity contribution in [3.05, 3.63) is 60.2 Å². The number of fused-ring (bicyclic) bond motifs is 2. The number of nitrogens with one attached hydrogen (secondary N) is 4. The molecule has 4 aromatic rings. The number of hydroxylamine groups is 2. The van der Waals surface area contributed by atoms with Gasteiger partial charge in [0.15, 0.2) is 11.7 Å². The first kappa shape index (κ1) is 17.6. The third kappa shape index (κ3) is 3.68. The number of imidazole rings is 2. The highest BCUT2D eigenvalue weighted by molar-refractivity contribution is 6.39. The Morgan fingerprint density at radius 3 is 1.57 bits per heavy atom. The highest BCUT2D eigenvalue weighted by Crippen LogP contribution is 2.12. The second-order valence-corrected chi connectivity index (χ2v) is 5.95. The predicted octanol–water partition coefficient (Wildman–Crippen LogP) is 1.89. The van der Waals surface area contributed by atoms with Crippen molar-refractivity contribution in [2.75, 3.05) is 0 Å². The van der Waals surface area contributed by atoms with Crippen LogP contribution in [0.25, 0.3) is 22.1 Å². The van der Waals surface area contributed by atoms with E-state index in [0.717, 1.165) is 22.1 Å². The van der Waals surface area contributed by atoms with E-state index in [2.05, 4.69) is 29.9 Å². The average molecular weight is 378 g/mol. The molecule has 0 atom stereocenters. The second kappa shape index (κ2) is 7.86. The molecule has 4 rings (SSSR count). The fourth-order valence-electron chi connectivity index (χ4n) is 2.80. The lowest BCUT2D eigenvalue weighted by Crippen LogP contribution is -2.37. The summed E-state index contributed by atoms with van der Waals surface area (Å²) >= 11 is 0. The molecule has 0 saturated carbocycles. The summed E-state index contributed by atoms with van der Waals surface area (Å²) in [5.74, 6) is 1.17. The number of aliphatic imine (C=N–C) groups is 2. The highest BCUT2D eigenvalue weighted by Gasteiger charge is 2.10. The van der Waals surface area contributed by atoms with Gasteiger partial charge in [-0.3, -0.25) is 20.4 Å².